The van der Waals surface area contributed by atoms with Crippen molar-refractivity contribution < 1.29 is 9.13 Å². The number of rotatable bonds is 2. The molecule has 0 amide bonds. The molecule has 1 aromatic heterocycles. The molecule has 1 aromatic carbocycles. The second-order valence-corrected chi connectivity index (χ2v) is 3.33. The van der Waals surface area contributed by atoms with Gasteiger partial charge in [-0.25, -0.2) is 9.37 Å². The zero-order valence-electron chi connectivity index (χ0n) is 8.02. The molecule has 0 aliphatic heterocycles. The summed E-state index contributed by atoms with van der Waals surface area (Å²) in [6.07, 6.45) is 0. The fourth-order valence-electron chi connectivity index (χ4n) is 1.12. The predicted molar refractivity (Wildman–Crippen MR) is 57.9 cm³/mol. The van der Waals surface area contributed by atoms with Crippen molar-refractivity contribution in [3.05, 3.63) is 41.3 Å². The Balaban J connectivity index is 2.27. The van der Waals surface area contributed by atoms with Crippen LogP contribution in [0, 0.1) is 5.82 Å². The van der Waals surface area contributed by atoms with Gasteiger partial charge in [0.25, 0.3) is 0 Å². The summed E-state index contributed by atoms with van der Waals surface area (Å²) < 4.78 is 18.1. The van der Waals surface area contributed by atoms with Gasteiger partial charge in [0.15, 0.2) is 0 Å². The lowest BCUT2D eigenvalue weighted by Crippen LogP contribution is -1.97. The quantitative estimate of drug-likeness (QED) is 0.819. The Hall–Kier alpha value is -1.88. The maximum Gasteiger partial charge on any atom is 0.225 e. The van der Waals surface area contributed by atoms with Crippen LogP contribution in [0.1, 0.15) is 0 Å². The third-order valence-electron chi connectivity index (χ3n) is 1.71. The minimum atomic E-state index is -0.398. The smallest absolute Gasteiger partial charge is 0.225 e. The predicted octanol–water partition coefficient (Wildman–Crippen LogP) is 2.64. The van der Waals surface area contributed by atoms with Gasteiger partial charge in [-0.2, -0.15) is 4.98 Å². The molecule has 0 saturated carbocycles. The van der Waals surface area contributed by atoms with Gasteiger partial charge < -0.3 is 10.5 Å². The fraction of sp³-hybridized carbons (Fsp3) is 0. The summed E-state index contributed by atoms with van der Waals surface area (Å²) >= 11 is 5.66. The van der Waals surface area contributed by atoms with E-state index < -0.39 is 5.82 Å². The van der Waals surface area contributed by atoms with E-state index in [4.69, 9.17) is 22.1 Å². The molecule has 82 valence electrons. The largest absolute Gasteiger partial charge is 0.439 e. The highest BCUT2D eigenvalue weighted by atomic mass is 35.5. The van der Waals surface area contributed by atoms with E-state index in [1.165, 1.54) is 24.3 Å². The van der Waals surface area contributed by atoms with Crippen LogP contribution in [0.4, 0.5) is 10.3 Å². The van der Waals surface area contributed by atoms with E-state index in [0.717, 1.165) is 0 Å². The van der Waals surface area contributed by atoms with E-state index in [1.54, 1.807) is 6.07 Å². The lowest BCUT2D eigenvalue weighted by Gasteiger charge is -2.05. The van der Waals surface area contributed by atoms with Crippen molar-refractivity contribution in [3.8, 4) is 11.6 Å². The maximum absolute atomic E-state index is 12.9. The van der Waals surface area contributed by atoms with Gasteiger partial charge in [0, 0.05) is 12.1 Å². The monoisotopic (exact) mass is 239 g/mol. The Morgan fingerprint density at radius 3 is 2.75 bits per heavy atom. The lowest BCUT2D eigenvalue weighted by molar-refractivity contribution is 0.458. The Bertz CT molecular complexity index is 501. The normalized spacial score (nSPS) is 10.1. The Morgan fingerprint density at radius 1 is 1.25 bits per heavy atom. The second kappa shape index (κ2) is 4.32. The summed E-state index contributed by atoms with van der Waals surface area (Å²) in [4.78, 5) is 7.47. The number of hydrogen-bond donors (Lipinski definition) is 1. The van der Waals surface area contributed by atoms with Gasteiger partial charge in [-0.15, -0.1) is 0 Å². The third kappa shape index (κ3) is 2.58. The molecule has 0 fully saturated rings. The van der Waals surface area contributed by atoms with Crippen molar-refractivity contribution in [1.29, 1.82) is 0 Å². The Kier molecular flexibility index (Phi) is 2.87. The highest BCUT2D eigenvalue weighted by Crippen LogP contribution is 2.22. The number of nitrogens with two attached hydrogens (primary N) is 1. The molecule has 0 radical (unpaired) electrons. The molecule has 2 aromatic rings. The van der Waals surface area contributed by atoms with Gasteiger partial charge in [-0.05, 0) is 12.1 Å². The van der Waals surface area contributed by atoms with E-state index in [2.05, 4.69) is 9.97 Å². The number of aromatic nitrogens is 2. The molecule has 4 nitrogen and oxygen atoms in total. The molecule has 0 atom stereocenters. The van der Waals surface area contributed by atoms with Crippen molar-refractivity contribution in [3.63, 3.8) is 0 Å². The molecule has 0 saturated heterocycles. The zero-order valence-corrected chi connectivity index (χ0v) is 8.78. The van der Waals surface area contributed by atoms with Gasteiger partial charge in [0.05, 0.1) is 0 Å². The van der Waals surface area contributed by atoms with Crippen LogP contribution < -0.4 is 10.5 Å². The number of anilines is 1. The number of benzene rings is 1. The summed E-state index contributed by atoms with van der Waals surface area (Å²) in [6, 6.07) is 7.05. The van der Waals surface area contributed by atoms with E-state index in [1.807, 2.05) is 0 Å². The molecule has 16 heavy (non-hydrogen) atoms. The molecule has 2 N–H and O–H groups in total. The van der Waals surface area contributed by atoms with Gasteiger partial charge in [-0.1, -0.05) is 17.7 Å². The van der Waals surface area contributed by atoms with Gasteiger partial charge in [0.2, 0.25) is 11.8 Å². The first-order valence-corrected chi connectivity index (χ1v) is 4.75. The molecule has 0 aliphatic rings. The maximum atomic E-state index is 12.9. The van der Waals surface area contributed by atoms with Crippen molar-refractivity contribution in [1.82, 2.24) is 9.97 Å². The van der Waals surface area contributed by atoms with E-state index >= 15 is 0 Å². The first-order valence-electron chi connectivity index (χ1n) is 4.37. The van der Waals surface area contributed by atoms with Crippen LogP contribution in [-0.4, -0.2) is 9.97 Å². The summed E-state index contributed by atoms with van der Waals surface area (Å²) in [7, 11) is 0. The molecule has 0 spiro atoms. The first kappa shape index (κ1) is 10.6. The Labute approximate surface area is 95.9 Å². The van der Waals surface area contributed by atoms with Crippen molar-refractivity contribution in [2.45, 2.75) is 0 Å². The average Bonchev–Trinajstić information content (AvgIpc) is 2.15. The molecular weight excluding hydrogens is 233 g/mol. The molecule has 0 aliphatic carbocycles. The van der Waals surface area contributed by atoms with E-state index in [0.29, 0.717) is 5.75 Å². The molecule has 0 unspecified atom stereocenters. The minimum Gasteiger partial charge on any atom is -0.439 e. The standard InChI is InChI=1S/C10H7ClFN3O/c11-8-5-9(15-10(13)14-8)16-7-3-1-2-6(12)4-7/h1-5H,(H2,13,14,15). The molecule has 0 bridgehead atoms. The number of nitrogens with zero attached hydrogens (tertiary/aromatic N) is 2. The number of ether oxygens (including phenoxy) is 1. The van der Waals surface area contributed by atoms with Crippen molar-refractivity contribution in [2.75, 3.05) is 5.73 Å². The Morgan fingerprint density at radius 2 is 2.06 bits per heavy atom. The number of nitrogen functional groups attached to an aromatic ring is 1. The van der Waals surface area contributed by atoms with Crippen LogP contribution in [-0.2, 0) is 0 Å². The minimum absolute atomic E-state index is 0.00102. The van der Waals surface area contributed by atoms with Gasteiger partial charge in [-0.3, -0.25) is 0 Å². The van der Waals surface area contributed by atoms with Gasteiger partial charge >= 0.3 is 0 Å². The van der Waals surface area contributed by atoms with E-state index in [-0.39, 0.29) is 17.0 Å². The highest BCUT2D eigenvalue weighted by molar-refractivity contribution is 6.29. The first-order chi connectivity index (χ1) is 7.63. The second-order valence-electron chi connectivity index (χ2n) is 2.95. The highest BCUT2D eigenvalue weighted by Gasteiger charge is 2.03. The van der Waals surface area contributed by atoms with Crippen molar-refractivity contribution >= 4 is 17.5 Å². The summed E-state index contributed by atoms with van der Waals surface area (Å²) in [5.74, 6) is 0.0850. The zero-order chi connectivity index (χ0) is 11.5. The van der Waals surface area contributed by atoms with Crippen LogP contribution >= 0.6 is 11.6 Å². The van der Waals surface area contributed by atoms with Crippen LogP contribution in [0.25, 0.3) is 0 Å². The van der Waals surface area contributed by atoms with Gasteiger partial charge in [0.1, 0.15) is 16.7 Å². The van der Waals surface area contributed by atoms with Crippen LogP contribution in [0.2, 0.25) is 5.15 Å². The molecule has 2 rings (SSSR count). The SMILES string of the molecule is Nc1nc(Cl)cc(Oc2cccc(F)c2)n1. The molecular formula is C10H7ClFN3O. The van der Waals surface area contributed by atoms with Crippen LogP contribution in [0.5, 0.6) is 11.6 Å². The molecule has 6 heteroatoms. The topological polar surface area (TPSA) is 61.0 Å². The number of hydrogen-bond acceptors (Lipinski definition) is 4. The summed E-state index contributed by atoms with van der Waals surface area (Å²) in [5.41, 5.74) is 5.38. The summed E-state index contributed by atoms with van der Waals surface area (Å²) in [6.45, 7) is 0. The average molecular weight is 240 g/mol. The summed E-state index contributed by atoms with van der Waals surface area (Å²) in [5, 5.41) is 0.166. The molecule has 1 heterocycles. The van der Waals surface area contributed by atoms with E-state index in [9.17, 15) is 4.39 Å². The van der Waals surface area contributed by atoms with Crippen LogP contribution in [0.15, 0.2) is 30.3 Å². The fourth-order valence-corrected chi connectivity index (χ4v) is 1.30. The van der Waals surface area contributed by atoms with Crippen molar-refractivity contribution in [2.24, 2.45) is 0 Å². The number of halogens is 2. The van der Waals surface area contributed by atoms with Crippen LogP contribution in [0.3, 0.4) is 0 Å². The lowest BCUT2D eigenvalue weighted by atomic mass is 10.3. The third-order valence-corrected chi connectivity index (χ3v) is 1.90.